The van der Waals surface area contributed by atoms with E-state index in [1.807, 2.05) is 44.4 Å². The van der Waals surface area contributed by atoms with Crippen LogP contribution in [0.4, 0.5) is 0 Å². The molecule has 1 N–H and O–H groups in total. The first kappa shape index (κ1) is 17.9. The number of nitrogens with zero attached hydrogens (tertiary/aromatic N) is 2. The highest BCUT2D eigenvalue weighted by molar-refractivity contribution is 5.92. The quantitative estimate of drug-likeness (QED) is 0.737. The third-order valence-electron chi connectivity index (χ3n) is 4.34. The van der Waals surface area contributed by atoms with E-state index in [1.54, 1.807) is 6.07 Å². The molecule has 5 nitrogen and oxygen atoms in total. The fourth-order valence-corrected chi connectivity index (χ4v) is 2.79. The van der Waals surface area contributed by atoms with Crippen LogP contribution in [0, 0.1) is 6.92 Å². The van der Waals surface area contributed by atoms with E-state index in [1.165, 1.54) is 5.56 Å². The second kappa shape index (κ2) is 7.97. The van der Waals surface area contributed by atoms with E-state index in [0.29, 0.717) is 12.2 Å². The average molecular weight is 349 g/mol. The number of hydrogen-bond acceptors (Lipinski definition) is 4. The number of aryl methyl sites for hydroxylation is 1. The summed E-state index contributed by atoms with van der Waals surface area (Å²) in [5.41, 5.74) is 3.94. The molecule has 1 aromatic heterocycles. The lowest BCUT2D eigenvalue weighted by Gasteiger charge is -2.25. The summed E-state index contributed by atoms with van der Waals surface area (Å²) >= 11 is 0. The summed E-state index contributed by atoms with van der Waals surface area (Å²) in [7, 11) is 4.00. The van der Waals surface area contributed by atoms with E-state index in [2.05, 4.69) is 46.6 Å². The minimum absolute atomic E-state index is 0.0797. The molecule has 0 radical (unpaired) electrons. The Morgan fingerprint density at radius 2 is 1.81 bits per heavy atom. The molecule has 0 saturated carbocycles. The number of aromatic nitrogens is 1. The Kier molecular flexibility index (Phi) is 5.49. The lowest BCUT2D eigenvalue weighted by atomic mass is 10.0. The van der Waals surface area contributed by atoms with Gasteiger partial charge in [0.05, 0.1) is 6.04 Å². The molecule has 26 heavy (non-hydrogen) atoms. The normalized spacial score (nSPS) is 12.2. The Morgan fingerprint density at radius 1 is 1.12 bits per heavy atom. The van der Waals surface area contributed by atoms with Gasteiger partial charge in [-0.05, 0) is 26.6 Å². The standard InChI is InChI=1S/C21H23N3O2/c1-15-9-11-17(12-10-15)19(24(2)3)14-22-21(25)20-13-18(23-26-20)16-7-5-4-6-8-16/h4-13,19H,14H2,1-3H3,(H,22,25). The number of carbonyl (C=O) groups is 1. The van der Waals surface area contributed by atoms with Crippen LogP contribution in [0.15, 0.2) is 65.2 Å². The van der Waals surface area contributed by atoms with Gasteiger partial charge >= 0.3 is 0 Å². The number of carbonyl (C=O) groups excluding carboxylic acids is 1. The number of hydrogen-bond donors (Lipinski definition) is 1. The number of nitrogens with one attached hydrogen (secondary N) is 1. The van der Waals surface area contributed by atoms with Crippen molar-refractivity contribution in [2.24, 2.45) is 0 Å². The molecular formula is C21H23N3O2. The second-order valence-electron chi connectivity index (χ2n) is 6.54. The third-order valence-corrected chi connectivity index (χ3v) is 4.34. The molecule has 0 aliphatic heterocycles. The fourth-order valence-electron chi connectivity index (χ4n) is 2.79. The van der Waals surface area contributed by atoms with Gasteiger partial charge in [-0.2, -0.15) is 0 Å². The van der Waals surface area contributed by atoms with Crippen LogP contribution < -0.4 is 5.32 Å². The third kappa shape index (κ3) is 4.18. The SMILES string of the molecule is Cc1ccc(C(CNC(=O)c2cc(-c3ccccc3)no2)N(C)C)cc1. The molecule has 3 rings (SSSR count). The predicted molar refractivity (Wildman–Crippen MR) is 102 cm³/mol. The van der Waals surface area contributed by atoms with Gasteiger partial charge in [-0.25, -0.2) is 0 Å². The van der Waals surface area contributed by atoms with E-state index >= 15 is 0 Å². The van der Waals surface area contributed by atoms with Gasteiger partial charge in [-0.15, -0.1) is 0 Å². The highest BCUT2D eigenvalue weighted by atomic mass is 16.5. The predicted octanol–water partition coefficient (Wildman–Crippen LogP) is 3.68. The monoisotopic (exact) mass is 349 g/mol. The van der Waals surface area contributed by atoms with Crippen molar-refractivity contribution < 1.29 is 9.32 Å². The minimum Gasteiger partial charge on any atom is -0.350 e. The van der Waals surface area contributed by atoms with Crippen molar-refractivity contribution in [3.05, 3.63) is 77.6 Å². The zero-order valence-corrected chi connectivity index (χ0v) is 15.3. The fraction of sp³-hybridized carbons (Fsp3) is 0.238. The van der Waals surface area contributed by atoms with Crippen molar-refractivity contribution in [1.82, 2.24) is 15.4 Å². The molecule has 0 bridgehead atoms. The van der Waals surface area contributed by atoms with E-state index in [0.717, 1.165) is 11.1 Å². The van der Waals surface area contributed by atoms with Gasteiger partial charge in [0, 0.05) is 18.2 Å². The van der Waals surface area contributed by atoms with E-state index in [4.69, 9.17) is 4.52 Å². The van der Waals surface area contributed by atoms with Gasteiger partial charge in [0.15, 0.2) is 0 Å². The maximum atomic E-state index is 12.4. The van der Waals surface area contributed by atoms with Gasteiger partial charge in [0.25, 0.3) is 5.91 Å². The van der Waals surface area contributed by atoms with Crippen LogP contribution in [-0.2, 0) is 0 Å². The molecule has 0 aliphatic rings. The summed E-state index contributed by atoms with van der Waals surface area (Å²) in [4.78, 5) is 14.5. The maximum absolute atomic E-state index is 12.4. The molecule has 1 unspecified atom stereocenters. The number of likely N-dealkylation sites (N-methyl/N-ethyl adjacent to an activating group) is 1. The summed E-state index contributed by atoms with van der Waals surface area (Å²) in [6, 6.07) is 19.7. The van der Waals surface area contributed by atoms with Crippen LogP contribution in [0.5, 0.6) is 0 Å². The van der Waals surface area contributed by atoms with Crippen molar-refractivity contribution >= 4 is 5.91 Å². The van der Waals surface area contributed by atoms with Crippen LogP contribution in [0.1, 0.15) is 27.7 Å². The first-order valence-corrected chi connectivity index (χ1v) is 8.58. The van der Waals surface area contributed by atoms with Crippen molar-refractivity contribution in [2.45, 2.75) is 13.0 Å². The second-order valence-corrected chi connectivity index (χ2v) is 6.54. The Labute approximate surface area is 153 Å². The average Bonchev–Trinajstić information content (AvgIpc) is 3.14. The largest absolute Gasteiger partial charge is 0.350 e. The summed E-state index contributed by atoms with van der Waals surface area (Å²) in [6.45, 7) is 2.54. The zero-order valence-electron chi connectivity index (χ0n) is 15.3. The summed E-state index contributed by atoms with van der Waals surface area (Å²) in [5, 5.41) is 6.94. The number of benzene rings is 2. The molecule has 2 aromatic carbocycles. The lowest BCUT2D eigenvalue weighted by Crippen LogP contribution is -2.34. The van der Waals surface area contributed by atoms with E-state index in [9.17, 15) is 4.79 Å². The minimum atomic E-state index is -0.265. The maximum Gasteiger partial charge on any atom is 0.289 e. The molecule has 134 valence electrons. The molecule has 0 saturated heterocycles. The van der Waals surface area contributed by atoms with Crippen molar-refractivity contribution in [1.29, 1.82) is 0 Å². The van der Waals surface area contributed by atoms with E-state index < -0.39 is 0 Å². The van der Waals surface area contributed by atoms with Gasteiger partial charge in [0.2, 0.25) is 5.76 Å². The van der Waals surface area contributed by atoms with Gasteiger partial charge in [-0.3, -0.25) is 4.79 Å². The Balaban J connectivity index is 1.67. The molecule has 0 spiro atoms. The topological polar surface area (TPSA) is 58.4 Å². The molecule has 0 aliphatic carbocycles. The molecular weight excluding hydrogens is 326 g/mol. The number of rotatable bonds is 6. The van der Waals surface area contributed by atoms with Gasteiger partial charge in [-0.1, -0.05) is 65.3 Å². The summed E-state index contributed by atoms with van der Waals surface area (Å²) < 4.78 is 5.22. The smallest absolute Gasteiger partial charge is 0.289 e. The molecule has 1 atom stereocenters. The molecule has 0 fully saturated rings. The Bertz CT molecular complexity index is 854. The van der Waals surface area contributed by atoms with Crippen LogP contribution >= 0.6 is 0 Å². The van der Waals surface area contributed by atoms with Crippen molar-refractivity contribution in [3.63, 3.8) is 0 Å². The molecule has 1 amide bonds. The summed E-state index contributed by atoms with van der Waals surface area (Å²) in [5.74, 6) is -0.0519. The zero-order chi connectivity index (χ0) is 18.5. The van der Waals surface area contributed by atoms with Gasteiger partial charge < -0.3 is 14.7 Å². The molecule has 3 aromatic rings. The first-order chi connectivity index (χ1) is 12.5. The Hall–Kier alpha value is -2.92. The first-order valence-electron chi connectivity index (χ1n) is 8.58. The van der Waals surface area contributed by atoms with Crippen molar-refractivity contribution in [3.8, 4) is 11.3 Å². The molecule has 5 heteroatoms. The van der Waals surface area contributed by atoms with Gasteiger partial charge in [0.1, 0.15) is 5.69 Å². The van der Waals surface area contributed by atoms with E-state index in [-0.39, 0.29) is 17.7 Å². The van der Waals surface area contributed by atoms with Crippen LogP contribution in [0.3, 0.4) is 0 Å². The van der Waals surface area contributed by atoms with Crippen LogP contribution in [0.25, 0.3) is 11.3 Å². The van der Waals surface area contributed by atoms with Crippen molar-refractivity contribution in [2.75, 3.05) is 20.6 Å². The Morgan fingerprint density at radius 3 is 2.46 bits per heavy atom. The highest BCUT2D eigenvalue weighted by Crippen LogP contribution is 2.20. The van der Waals surface area contributed by atoms with Crippen LogP contribution in [0.2, 0.25) is 0 Å². The lowest BCUT2D eigenvalue weighted by molar-refractivity contribution is 0.0905. The highest BCUT2D eigenvalue weighted by Gasteiger charge is 2.18. The molecule has 1 heterocycles. The number of amides is 1. The van der Waals surface area contributed by atoms with Crippen LogP contribution in [-0.4, -0.2) is 36.6 Å². The summed E-state index contributed by atoms with van der Waals surface area (Å²) in [6.07, 6.45) is 0.